The molecule has 0 spiro atoms. The summed E-state index contributed by atoms with van der Waals surface area (Å²) >= 11 is 3.45. The van der Waals surface area contributed by atoms with Crippen LogP contribution in [0.3, 0.4) is 0 Å². The maximum Gasteiger partial charge on any atom is 0.337 e. The minimum absolute atomic E-state index is 0.00937. The largest absolute Gasteiger partial charge is 0.503 e. The summed E-state index contributed by atoms with van der Waals surface area (Å²) in [5.74, 6) is -0.647. The second-order valence-corrected chi connectivity index (χ2v) is 11.2. The number of rotatable bonds is 6. The summed E-state index contributed by atoms with van der Waals surface area (Å²) in [4.78, 5) is 27.6. The maximum absolute atomic E-state index is 13.9. The zero-order valence-electron chi connectivity index (χ0n) is 21.9. The number of benzene rings is 2. The van der Waals surface area contributed by atoms with E-state index in [0.29, 0.717) is 52.1 Å². The standard InChI is InChI=1S/C31H34BrNO5/c1-3-37-26-17-21(14-23(32)30(26)35)28-27(31(36)38-22-12-8-5-9-13-22)18(2)33-24-15-20(16-25(34)29(24)28)19-10-6-4-7-11-19/h4,6-7,10-11,14,17,20,22,28,33,35H,3,5,8-9,12-13,15-16H2,1-2H3/t20-,28-/m1/s1. The van der Waals surface area contributed by atoms with Crippen LogP contribution in [-0.4, -0.2) is 29.6 Å². The van der Waals surface area contributed by atoms with Crippen molar-refractivity contribution in [3.05, 3.63) is 80.6 Å². The summed E-state index contributed by atoms with van der Waals surface area (Å²) < 4.78 is 12.2. The molecule has 0 aromatic heterocycles. The van der Waals surface area contributed by atoms with Gasteiger partial charge in [-0.3, -0.25) is 4.79 Å². The quantitative estimate of drug-likeness (QED) is 0.366. The Balaban J connectivity index is 1.59. The molecular formula is C31H34BrNO5. The van der Waals surface area contributed by atoms with Crippen LogP contribution in [0.4, 0.5) is 0 Å². The first-order chi connectivity index (χ1) is 18.4. The number of carbonyl (C=O) groups is 2. The van der Waals surface area contributed by atoms with Crippen molar-refractivity contribution in [3.63, 3.8) is 0 Å². The van der Waals surface area contributed by atoms with Gasteiger partial charge in [-0.2, -0.15) is 0 Å². The number of phenolic OH excluding ortho intramolecular Hbond substituents is 1. The van der Waals surface area contributed by atoms with Gasteiger partial charge in [-0.1, -0.05) is 36.8 Å². The van der Waals surface area contributed by atoms with Crippen LogP contribution in [0, 0.1) is 0 Å². The lowest BCUT2D eigenvalue weighted by Gasteiger charge is -2.37. The average molecular weight is 581 g/mol. The van der Waals surface area contributed by atoms with Gasteiger partial charge in [0.25, 0.3) is 0 Å². The molecule has 38 heavy (non-hydrogen) atoms. The van der Waals surface area contributed by atoms with Gasteiger partial charge in [0.2, 0.25) is 0 Å². The highest BCUT2D eigenvalue weighted by Gasteiger charge is 2.42. The Morgan fingerprint density at radius 3 is 2.53 bits per heavy atom. The highest BCUT2D eigenvalue weighted by Crippen LogP contribution is 2.48. The summed E-state index contributed by atoms with van der Waals surface area (Å²) in [6.07, 6.45) is 5.91. The normalized spacial score (nSPS) is 22.1. The summed E-state index contributed by atoms with van der Waals surface area (Å²) in [5.41, 5.74) is 4.40. The van der Waals surface area contributed by atoms with Gasteiger partial charge in [-0.25, -0.2) is 4.79 Å². The molecule has 0 bridgehead atoms. The lowest BCUT2D eigenvalue weighted by Crippen LogP contribution is -2.37. The Morgan fingerprint density at radius 1 is 1.08 bits per heavy atom. The predicted molar refractivity (Wildman–Crippen MR) is 149 cm³/mol. The van der Waals surface area contributed by atoms with Crippen molar-refractivity contribution in [2.24, 2.45) is 0 Å². The van der Waals surface area contributed by atoms with Crippen molar-refractivity contribution < 1.29 is 24.2 Å². The van der Waals surface area contributed by atoms with Crippen LogP contribution in [0.5, 0.6) is 11.5 Å². The molecule has 1 fully saturated rings. The molecule has 1 aliphatic heterocycles. The van der Waals surface area contributed by atoms with E-state index < -0.39 is 11.9 Å². The lowest BCUT2D eigenvalue weighted by atomic mass is 9.71. The number of dihydropyridines is 1. The van der Waals surface area contributed by atoms with E-state index in [9.17, 15) is 14.7 Å². The third kappa shape index (κ3) is 5.26. The minimum atomic E-state index is -0.623. The third-order valence-electron chi connectivity index (χ3n) is 7.83. The molecule has 3 aliphatic rings. The Hall–Kier alpha value is -3.06. The van der Waals surface area contributed by atoms with Gasteiger partial charge < -0.3 is 19.9 Å². The lowest BCUT2D eigenvalue weighted by molar-refractivity contribution is -0.146. The van der Waals surface area contributed by atoms with E-state index in [4.69, 9.17) is 9.47 Å². The monoisotopic (exact) mass is 579 g/mol. The number of ketones is 1. The molecule has 0 amide bonds. The van der Waals surface area contributed by atoms with Gasteiger partial charge in [0.05, 0.1) is 16.7 Å². The van der Waals surface area contributed by atoms with Crippen molar-refractivity contribution in [2.75, 3.05) is 6.61 Å². The van der Waals surface area contributed by atoms with E-state index in [2.05, 4.69) is 33.4 Å². The summed E-state index contributed by atoms with van der Waals surface area (Å²) in [7, 11) is 0. The Kier molecular flexibility index (Phi) is 7.93. The molecule has 1 saturated carbocycles. The van der Waals surface area contributed by atoms with Gasteiger partial charge in [0.1, 0.15) is 6.10 Å². The van der Waals surface area contributed by atoms with Gasteiger partial charge in [-0.15, -0.1) is 0 Å². The number of Topliss-reactive ketones (excluding diaryl/α,β-unsaturated/α-hetero) is 1. The van der Waals surface area contributed by atoms with E-state index in [1.165, 1.54) is 0 Å². The molecule has 2 atom stereocenters. The number of ether oxygens (including phenoxy) is 2. The fraction of sp³-hybridized carbons (Fsp3) is 0.419. The molecule has 0 saturated heterocycles. The zero-order chi connectivity index (χ0) is 26.8. The zero-order valence-corrected chi connectivity index (χ0v) is 23.5. The van der Waals surface area contributed by atoms with Crippen LogP contribution < -0.4 is 10.1 Å². The number of aromatic hydroxyl groups is 1. The van der Waals surface area contributed by atoms with Gasteiger partial charge >= 0.3 is 5.97 Å². The van der Waals surface area contributed by atoms with Gasteiger partial charge in [-0.05, 0) is 91.1 Å². The Labute approximate surface area is 232 Å². The molecular weight excluding hydrogens is 546 g/mol. The smallest absolute Gasteiger partial charge is 0.337 e. The van der Waals surface area contributed by atoms with Crippen LogP contribution in [0.15, 0.2) is 69.5 Å². The molecule has 0 radical (unpaired) electrons. The molecule has 0 unspecified atom stereocenters. The van der Waals surface area contributed by atoms with Crippen molar-refractivity contribution in [2.45, 2.75) is 76.7 Å². The SMILES string of the molecule is CCOc1cc([C@@H]2C(C(=O)OC3CCCCC3)=C(C)NC3=C2C(=O)C[C@H](c2ccccc2)C3)cc(Br)c1O. The van der Waals surface area contributed by atoms with Gasteiger partial charge in [0.15, 0.2) is 17.3 Å². The van der Waals surface area contributed by atoms with Crippen molar-refractivity contribution in [1.82, 2.24) is 5.32 Å². The van der Waals surface area contributed by atoms with Gasteiger partial charge in [0, 0.05) is 29.3 Å². The van der Waals surface area contributed by atoms with Crippen LogP contribution >= 0.6 is 15.9 Å². The Morgan fingerprint density at radius 2 is 1.82 bits per heavy atom. The van der Waals surface area contributed by atoms with E-state index in [1.807, 2.05) is 32.0 Å². The van der Waals surface area contributed by atoms with Crippen LogP contribution in [0.1, 0.15) is 81.8 Å². The molecule has 2 aliphatic carbocycles. The number of allylic oxidation sites excluding steroid dienone is 3. The van der Waals surface area contributed by atoms with E-state index in [1.54, 1.807) is 12.1 Å². The number of esters is 1. The third-order valence-corrected chi connectivity index (χ3v) is 8.43. The van der Waals surface area contributed by atoms with E-state index >= 15 is 0 Å². The van der Waals surface area contributed by atoms with Crippen molar-refractivity contribution >= 4 is 27.7 Å². The van der Waals surface area contributed by atoms with Crippen LogP contribution in [-0.2, 0) is 14.3 Å². The fourth-order valence-electron chi connectivity index (χ4n) is 6.03. The number of halogens is 1. The van der Waals surface area contributed by atoms with Crippen molar-refractivity contribution in [1.29, 1.82) is 0 Å². The second kappa shape index (κ2) is 11.4. The first-order valence-electron chi connectivity index (χ1n) is 13.5. The van der Waals surface area contributed by atoms with Crippen LogP contribution in [0.2, 0.25) is 0 Å². The highest BCUT2D eigenvalue weighted by molar-refractivity contribution is 9.10. The molecule has 2 aromatic rings. The second-order valence-electron chi connectivity index (χ2n) is 10.4. The molecule has 7 heteroatoms. The maximum atomic E-state index is 13.9. The summed E-state index contributed by atoms with van der Waals surface area (Å²) in [6.45, 7) is 4.09. The van der Waals surface area contributed by atoms with E-state index in [0.717, 1.165) is 43.4 Å². The highest BCUT2D eigenvalue weighted by atomic mass is 79.9. The Bertz CT molecular complexity index is 1290. The molecule has 2 aromatic carbocycles. The average Bonchev–Trinajstić information content (AvgIpc) is 2.91. The molecule has 6 nitrogen and oxygen atoms in total. The predicted octanol–water partition coefficient (Wildman–Crippen LogP) is 6.79. The van der Waals surface area contributed by atoms with Crippen molar-refractivity contribution in [3.8, 4) is 11.5 Å². The number of phenols is 1. The van der Waals surface area contributed by atoms with Crippen LogP contribution in [0.25, 0.3) is 0 Å². The number of hydrogen-bond acceptors (Lipinski definition) is 6. The number of carbonyl (C=O) groups excluding carboxylic acids is 2. The first-order valence-corrected chi connectivity index (χ1v) is 14.3. The molecule has 2 N–H and O–H groups in total. The molecule has 1 heterocycles. The first kappa shape index (κ1) is 26.5. The minimum Gasteiger partial charge on any atom is -0.503 e. The molecule has 200 valence electrons. The number of hydrogen-bond donors (Lipinski definition) is 2. The number of nitrogens with one attached hydrogen (secondary N) is 1. The fourth-order valence-corrected chi connectivity index (χ4v) is 6.49. The summed E-state index contributed by atoms with van der Waals surface area (Å²) in [5, 5.41) is 14.0. The summed E-state index contributed by atoms with van der Waals surface area (Å²) in [6, 6.07) is 13.6. The topological polar surface area (TPSA) is 84.9 Å². The molecule has 5 rings (SSSR count). The van der Waals surface area contributed by atoms with E-state index in [-0.39, 0.29) is 23.6 Å².